The third-order valence-electron chi connectivity index (χ3n) is 2.72. The minimum atomic E-state index is -3.98. The van der Waals surface area contributed by atoms with E-state index in [9.17, 15) is 13.2 Å². The maximum atomic E-state index is 12.3. The van der Waals surface area contributed by atoms with E-state index in [1.54, 1.807) is 6.92 Å². The van der Waals surface area contributed by atoms with E-state index < -0.39 is 22.0 Å². The van der Waals surface area contributed by atoms with Gasteiger partial charge in [-0.3, -0.25) is 0 Å². The summed E-state index contributed by atoms with van der Waals surface area (Å²) in [7, 11) is -2.53. The molecule has 0 aliphatic rings. The van der Waals surface area contributed by atoms with Gasteiger partial charge in [-0.2, -0.15) is 0 Å². The van der Waals surface area contributed by atoms with Crippen LogP contribution in [-0.2, 0) is 14.8 Å². The summed E-state index contributed by atoms with van der Waals surface area (Å²) in [4.78, 5) is 10.7. The highest BCUT2D eigenvalue weighted by Crippen LogP contribution is 2.28. The summed E-state index contributed by atoms with van der Waals surface area (Å²) in [6.45, 7) is 1.98. The zero-order valence-corrected chi connectivity index (χ0v) is 13.7. The topological polar surface area (TPSA) is 92.7 Å². The number of rotatable bonds is 7. The molecule has 0 fully saturated rings. The highest BCUT2D eigenvalue weighted by molar-refractivity contribution is 7.89. The van der Waals surface area contributed by atoms with Crippen LogP contribution in [0.2, 0.25) is 10.0 Å². The van der Waals surface area contributed by atoms with Gasteiger partial charge in [-0.15, -0.1) is 0 Å². The fourth-order valence-corrected chi connectivity index (χ4v) is 3.78. The number of halogens is 2. The first kappa shape index (κ1) is 18.2. The van der Waals surface area contributed by atoms with Crippen molar-refractivity contribution >= 4 is 39.2 Å². The van der Waals surface area contributed by atoms with Crippen LogP contribution in [0.1, 0.15) is 23.7 Å². The normalized spacial score (nSPS) is 13.1. The van der Waals surface area contributed by atoms with Crippen molar-refractivity contribution in [3.8, 4) is 0 Å². The molecule has 0 amide bonds. The van der Waals surface area contributed by atoms with Crippen LogP contribution in [0.15, 0.2) is 17.0 Å². The van der Waals surface area contributed by atoms with Gasteiger partial charge >= 0.3 is 5.97 Å². The molecule has 21 heavy (non-hydrogen) atoms. The third-order valence-corrected chi connectivity index (χ3v) is 5.02. The number of carboxylic acid groups (broad SMARTS) is 1. The second-order valence-electron chi connectivity index (χ2n) is 4.25. The van der Waals surface area contributed by atoms with Gasteiger partial charge in [-0.25, -0.2) is 17.9 Å². The molecule has 0 saturated heterocycles. The summed E-state index contributed by atoms with van der Waals surface area (Å²) >= 11 is 11.6. The molecule has 0 bridgehead atoms. The Morgan fingerprint density at radius 1 is 1.38 bits per heavy atom. The maximum absolute atomic E-state index is 12.3. The maximum Gasteiger partial charge on any atom is 0.337 e. The Kier molecular flexibility index (Phi) is 6.42. The summed E-state index contributed by atoms with van der Waals surface area (Å²) in [6, 6.07) is 1.59. The fraction of sp³-hybridized carbons (Fsp3) is 0.417. The van der Waals surface area contributed by atoms with Gasteiger partial charge in [0, 0.05) is 13.2 Å². The summed E-state index contributed by atoms with van der Waals surface area (Å²) in [6.07, 6.45) is 0.504. The van der Waals surface area contributed by atoms with E-state index in [-0.39, 0.29) is 27.1 Å². The van der Waals surface area contributed by atoms with Crippen molar-refractivity contribution in [3.63, 3.8) is 0 Å². The molecule has 1 atom stereocenters. The molecule has 2 N–H and O–H groups in total. The van der Waals surface area contributed by atoms with E-state index in [2.05, 4.69) is 4.72 Å². The van der Waals surface area contributed by atoms with E-state index in [0.29, 0.717) is 6.42 Å². The zero-order valence-electron chi connectivity index (χ0n) is 11.4. The summed E-state index contributed by atoms with van der Waals surface area (Å²) < 4.78 is 31.9. The van der Waals surface area contributed by atoms with Crippen LogP contribution >= 0.6 is 23.2 Å². The standard InChI is InChI=1S/C12H15Cl2NO5S/c1-3-7(6-20-2)15-21(18,19)11-4-8(12(16)17)9(13)5-10(11)14/h4-5,7,15H,3,6H2,1-2H3,(H,16,17). The molecule has 0 aromatic heterocycles. The Morgan fingerprint density at radius 2 is 2.00 bits per heavy atom. The van der Waals surface area contributed by atoms with Gasteiger partial charge in [0.05, 0.1) is 22.2 Å². The quantitative estimate of drug-likeness (QED) is 0.783. The third kappa shape index (κ3) is 4.55. The van der Waals surface area contributed by atoms with Crippen molar-refractivity contribution in [3.05, 3.63) is 27.7 Å². The molecule has 1 aromatic rings. The number of carbonyl (C=O) groups is 1. The molecule has 0 heterocycles. The van der Waals surface area contributed by atoms with Crippen molar-refractivity contribution < 1.29 is 23.1 Å². The summed E-state index contributed by atoms with van der Waals surface area (Å²) in [5.41, 5.74) is -0.332. The molecule has 118 valence electrons. The molecular weight excluding hydrogens is 341 g/mol. The number of benzene rings is 1. The highest BCUT2D eigenvalue weighted by atomic mass is 35.5. The lowest BCUT2D eigenvalue weighted by atomic mass is 10.2. The van der Waals surface area contributed by atoms with E-state index in [4.69, 9.17) is 33.0 Å². The lowest BCUT2D eigenvalue weighted by molar-refractivity contribution is 0.0697. The van der Waals surface area contributed by atoms with Gasteiger partial charge in [0.1, 0.15) is 4.90 Å². The average molecular weight is 356 g/mol. The smallest absolute Gasteiger partial charge is 0.337 e. The molecular formula is C12H15Cl2NO5S. The minimum Gasteiger partial charge on any atom is -0.478 e. The van der Waals surface area contributed by atoms with Crippen LogP contribution < -0.4 is 4.72 Å². The molecule has 0 radical (unpaired) electrons. The van der Waals surface area contributed by atoms with Gasteiger partial charge in [-0.1, -0.05) is 30.1 Å². The fourth-order valence-electron chi connectivity index (χ4n) is 1.62. The summed E-state index contributed by atoms with van der Waals surface area (Å²) in [5.74, 6) is -1.34. The molecule has 0 aliphatic heterocycles. The van der Waals surface area contributed by atoms with Crippen molar-refractivity contribution in [2.75, 3.05) is 13.7 Å². The first-order valence-electron chi connectivity index (χ1n) is 5.96. The van der Waals surface area contributed by atoms with Crippen LogP contribution in [0, 0.1) is 0 Å². The number of hydrogen-bond acceptors (Lipinski definition) is 4. The minimum absolute atomic E-state index is 0.129. The second-order valence-corrected chi connectivity index (χ2v) is 6.75. The monoisotopic (exact) mass is 355 g/mol. The Bertz CT molecular complexity index is 633. The predicted octanol–water partition coefficient (Wildman–Crippen LogP) is 2.39. The number of ether oxygens (including phenoxy) is 1. The van der Waals surface area contributed by atoms with E-state index in [1.807, 2.05) is 0 Å². The van der Waals surface area contributed by atoms with Crippen LogP contribution in [0.5, 0.6) is 0 Å². The molecule has 0 spiro atoms. The first-order valence-corrected chi connectivity index (χ1v) is 8.20. The second kappa shape index (κ2) is 7.42. The number of methoxy groups -OCH3 is 1. The Hall–Kier alpha value is -0.860. The number of sulfonamides is 1. The Balaban J connectivity index is 3.25. The van der Waals surface area contributed by atoms with Crippen LogP contribution in [0.25, 0.3) is 0 Å². The molecule has 1 rings (SSSR count). The van der Waals surface area contributed by atoms with Gasteiger partial charge in [0.25, 0.3) is 0 Å². The molecule has 9 heteroatoms. The van der Waals surface area contributed by atoms with Crippen molar-refractivity contribution in [2.24, 2.45) is 0 Å². The largest absolute Gasteiger partial charge is 0.478 e. The van der Waals surface area contributed by atoms with E-state index >= 15 is 0 Å². The van der Waals surface area contributed by atoms with Crippen molar-refractivity contribution in [2.45, 2.75) is 24.3 Å². The average Bonchev–Trinajstić information content (AvgIpc) is 2.37. The first-order chi connectivity index (χ1) is 9.72. The highest BCUT2D eigenvalue weighted by Gasteiger charge is 2.24. The lowest BCUT2D eigenvalue weighted by Crippen LogP contribution is -2.37. The van der Waals surface area contributed by atoms with Crippen molar-refractivity contribution in [1.29, 1.82) is 0 Å². The Morgan fingerprint density at radius 3 is 2.48 bits per heavy atom. The number of nitrogens with one attached hydrogen (secondary N) is 1. The number of carboxylic acids is 1. The van der Waals surface area contributed by atoms with Gasteiger partial charge in [0.15, 0.2) is 0 Å². The van der Waals surface area contributed by atoms with Gasteiger partial charge < -0.3 is 9.84 Å². The molecule has 1 unspecified atom stereocenters. The summed E-state index contributed by atoms with van der Waals surface area (Å²) in [5, 5.41) is 8.72. The van der Waals surface area contributed by atoms with Crippen LogP contribution in [0.3, 0.4) is 0 Å². The Labute approximate surface area is 133 Å². The number of hydrogen-bond donors (Lipinski definition) is 2. The van der Waals surface area contributed by atoms with Crippen LogP contribution in [-0.4, -0.2) is 39.3 Å². The molecule has 0 aliphatic carbocycles. The van der Waals surface area contributed by atoms with Gasteiger partial charge in [-0.05, 0) is 18.6 Å². The van der Waals surface area contributed by atoms with Crippen LogP contribution in [0.4, 0.5) is 0 Å². The van der Waals surface area contributed by atoms with Gasteiger partial charge in [0.2, 0.25) is 10.0 Å². The molecule has 6 nitrogen and oxygen atoms in total. The predicted molar refractivity (Wildman–Crippen MR) is 79.7 cm³/mol. The molecule has 1 aromatic carbocycles. The van der Waals surface area contributed by atoms with Crippen molar-refractivity contribution in [1.82, 2.24) is 4.72 Å². The number of aromatic carboxylic acids is 1. The SMILES string of the molecule is CCC(COC)NS(=O)(=O)c1cc(C(=O)O)c(Cl)cc1Cl. The lowest BCUT2D eigenvalue weighted by Gasteiger charge is -2.17. The van der Waals surface area contributed by atoms with E-state index in [0.717, 1.165) is 12.1 Å². The zero-order chi connectivity index (χ0) is 16.2. The molecule has 0 saturated carbocycles. The van der Waals surface area contributed by atoms with E-state index in [1.165, 1.54) is 7.11 Å².